The van der Waals surface area contributed by atoms with Gasteiger partial charge in [0.2, 0.25) is 0 Å². The predicted molar refractivity (Wildman–Crippen MR) is 140 cm³/mol. The molecule has 0 aliphatic heterocycles. The highest BCUT2D eigenvalue weighted by atomic mass is 15.0. The normalized spacial score (nSPS) is 13.5. The molecule has 3 aromatic carbocycles. The van der Waals surface area contributed by atoms with Gasteiger partial charge in [-0.2, -0.15) is 0 Å². The van der Waals surface area contributed by atoms with Crippen LogP contribution >= 0.6 is 0 Å². The van der Waals surface area contributed by atoms with Crippen LogP contribution in [0.1, 0.15) is 22.3 Å². The molecular weight excluding hydrogens is 428 g/mol. The molecule has 0 atom stereocenters. The first-order valence-electron chi connectivity index (χ1n) is 12.0. The third-order valence-corrected chi connectivity index (χ3v) is 7.99. The van der Waals surface area contributed by atoms with E-state index in [0.29, 0.717) is 0 Å². The molecule has 0 spiro atoms. The zero-order valence-corrected chi connectivity index (χ0v) is 18.8. The Morgan fingerprint density at radius 3 is 2.60 bits per heavy atom. The second-order valence-corrected chi connectivity index (χ2v) is 9.66. The predicted octanol–water partition coefficient (Wildman–Crippen LogP) is 6.73. The smallest absolute Gasteiger partial charge is 0.146 e. The van der Waals surface area contributed by atoms with Crippen molar-refractivity contribution in [2.45, 2.75) is 12.8 Å². The maximum atomic E-state index is 5.05. The number of aromatic nitrogens is 4. The molecule has 2 aliphatic carbocycles. The minimum atomic E-state index is 0.920. The van der Waals surface area contributed by atoms with E-state index in [1.807, 2.05) is 30.7 Å². The van der Waals surface area contributed by atoms with Gasteiger partial charge in [0.1, 0.15) is 5.65 Å². The summed E-state index contributed by atoms with van der Waals surface area (Å²) in [6, 6.07) is 24.2. The summed E-state index contributed by atoms with van der Waals surface area (Å²) in [5.74, 6) is 0. The second-order valence-electron chi connectivity index (χ2n) is 9.66. The minimum Gasteiger partial charge on any atom is -0.289 e. The lowest BCUT2D eigenvalue weighted by Crippen LogP contribution is -1.96. The molecule has 0 saturated heterocycles. The Kier molecular flexibility index (Phi) is 3.11. The standard InChI is InChI=1S/C31H18N4/c1-2-5-19-17(4-1)14-18-7-8-20-21-9-10-22-29(24(21)15-23(20)28(18)19)30-26(6-3-12-33-30)35-27-16-32-13-11-25(27)34-31(22)35/h1-13,16H,14-15H2. The van der Waals surface area contributed by atoms with Gasteiger partial charge in [-0.05, 0) is 81.6 Å². The number of pyridine rings is 3. The molecule has 0 radical (unpaired) electrons. The van der Waals surface area contributed by atoms with Crippen molar-refractivity contribution < 1.29 is 0 Å². The van der Waals surface area contributed by atoms with E-state index in [4.69, 9.17) is 9.97 Å². The molecule has 0 unspecified atom stereocenters. The first kappa shape index (κ1) is 17.8. The van der Waals surface area contributed by atoms with E-state index in [9.17, 15) is 0 Å². The summed E-state index contributed by atoms with van der Waals surface area (Å²) in [6.07, 6.45) is 7.56. The topological polar surface area (TPSA) is 43.1 Å². The average Bonchev–Trinajstić information content (AvgIpc) is 3.59. The molecule has 162 valence electrons. The molecule has 0 amide bonds. The maximum absolute atomic E-state index is 5.05. The zero-order chi connectivity index (χ0) is 22.7. The summed E-state index contributed by atoms with van der Waals surface area (Å²) < 4.78 is 2.22. The Labute approximate surface area is 200 Å². The van der Waals surface area contributed by atoms with Crippen LogP contribution in [-0.4, -0.2) is 19.4 Å². The van der Waals surface area contributed by atoms with E-state index < -0.39 is 0 Å². The van der Waals surface area contributed by atoms with Crippen molar-refractivity contribution in [2.75, 3.05) is 0 Å². The Morgan fingerprint density at radius 2 is 1.60 bits per heavy atom. The van der Waals surface area contributed by atoms with E-state index in [0.717, 1.165) is 45.9 Å². The van der Waals surface area contributed by atoms with Gasteiger partial charge in [0.25, 0.3) is 0 Å². The van der Waals surface area contributed by atoms with Crippen LogP contribution in [0.25, 0.3) is 60.7 Å². The van der Waals surface area contributed by atoms with Gasteiger partial charge < -0.3 is 0 Å². The van der Waals surface area contributed by atoms with E-state index in [1.54, 1.807) is 0 Å². The van der Waals surface area contributed by atoms with E-state index in [2.05, 4.69) is 64.0 Å². The fraction of sp³-hybridized carbons (Fsp3) is 0.0645. The van der Waals surface area contributed by atoms with Crippen LogP contribution < -0.4 is 0 Å². The van der Waals surface area contributed by atoms with Crippen molar-refractivity contribution in [3.63, 3.8) is 0 Å². The fourth-order valence-electron chi connectivity index (χ4n) is 6.57. The Bertz CT molecular complexity index is 2070. The van der Waals surface area contributed by atoms with Crippen LogP contribution in [0.5, 0.6) is 0 Å². The van der Waals surface area contributed by atoms with Crippen LogP contribution in [0.15, 0.2) is 85.3 Å². The van der Waals surface area contributed by atoms with Crippen molar-refractivity contribution in [3.05, 3.63) is 108 Å². The molecule has 0 saturated carbocycles. The van der Waals surface area contributed by atoms with Crippen LogP contribution in [0.3, 0.4) is 0 Å². The molecule has 0 N–H and O–H groups in total. The highest BCUT2D eigenvalue weighted by molar-refractivity contribution is 6.16. The molecule has 7 aromatic rings. The number of imidazole rings is 1. The monoisotopic (exact) mass is 446 g/mol. The summed E-state index contributed by atoms with van der Waals surface area (Å²) in [4.78, 5) is 14.4. The number of hydrogen-bond donors (Lipinski definition) is 0. The van der Waals surface area contributed by atoms with Gasteiger partial charge in [-0.3, -0.25) is 14.4 Å². The van der Waals surface area contributed by atoms with Crippen LogP contribution in [0.2, 0.25) is 0 Å². The number of rotatable bonds is 0. The zero-order valence-electron chi connectivity index (χ0n) is 18.8. The van der Waals surface area contributed by atoms with Crippen molar-refractivity contribution in [3.8, 4) is 22.3 Å². The quantitative estimate of drug-likeness (QED) is 0.243. The van der Waals surface area contributed by atoms with Gasteiger partial charge in [0, 0.05) is 23.2 Å². The van der Waals surface area contributed by atoms with Crippen molar-refractivity contribution in [1.82, 2.24) is 19.4 Å². The van der Waals surface area contributed by atoms with E-state index in [-0.39, 0.29) is 0 Å². The Morgan fingerprint density at radius 1 is 0.686 bits per heavy atom. The van der Waals surface area contributed by atoms with Crippen LogP contribution in [-0.2, 0) is 12.8 Å². The molecule has 0 fully saturated rings. The lowest BCUT2D eigenvalue weighted by Gasteiger charge is -2.11. The number of fused-ring (bicyclic) bond motifs is 16. The molecule has 4 heterocycles. The molecule has 4 nitrogen and oxygen atoms in total. The van der Waals surface area contributed by atoms with Gasteiger partial charge >= 0.3 is 0 Å². The van der Waals surface area contributed by atoms with Gasteiger partial charge in [-0.1, -0.05) is 42.5 Å². The fourth-order valence-corrected chi connectivity index (χ4v) is 6.57. The average molecular weight is 447 g/mol. The molecule has 4 aromatic heterocycles. The van der Waals surface area contributed by atoms with E-state index >= 15 is 0 Å². The summed E-state index contributed by atoms with van der Waals surface area (Å²) in [7, 11) is 0. The highest BCUT2D eigenvalue weighted by Gasteiger charge is 2.30. The Hall–Kier alpha value is -4.57. The van der Waals surface area contributed by atoms with Gasteiger partial charge in [0.15, 0.2) is 0 Å². The third-order valence-electron chi connectivity index (χ3n) is 7.99. The summed E-state index contributed by atoms with van der Waals surface area (Å²) in [6.45, 7) is 0. The van der Waals surface area contributed by atoms with E-state index in [1.165, 1.54) is 49.9 Å². The van der Waals surface area contributed by atoms with Crippen LogP contribution in [0.4, 0.5) is 0 Å². The number of nitrogens with zero attached hydrogens (tertiary/aromatic N) is 4. The van der Waals surface area contributed by atoms with Crippen molar-refractivity contribution >= 4 is 38.5 Å². The first-order chi connectivity index (χ1) is 17.4. The van der Waals surface area contributed by atoms with Gasteiger partial charge in [0.05, 0.1) is 28.3 Å². The minimum absolute atomic E-state index is 0.920. The molecular formula is C31H18N4. The summed E-state index contributed by atoms with van der Waals surface area (Å²) >= 11 is 0. The van der Waals surface area contributed by atoms with Crippen molar-refractivity contribution in [1.29, 1.82) is 0 Å². The molecule has 4 heteroatoms. The highest BCUT2D eigenvalue weighted by Crippen LogP contribution is 2.50. The lowest BCUT2D eigenvalue weighted by molar-refractivity contribution is 1.24. The molecule has 0 bridgehead atoms. The SMILES string of the molecule is c1ccc2c(c1)Cc1ccc3c(c1-2)Cc1c-3ccc2c1c1ncccc1n1c3cnccc3nc21. The third kappa shape index (κ3) is 2.11. The number of hydrogen-bond acceptors (Lipinski definition) is 3. The Balaban J connectivity index is 1.42. The second kappa shape index (κ2) is 6.10. The maximum Gasteiger partial charge on any atom is 0.146 e. The van der Waals surface area contributed by atoms with Crippen LogP contribution in [0, 0.1) is 0 Å². The van der Waals surface area contributed by atoms with Gasteiger partial charge in [-0.25, -0.2) is 4.98 Å². The summed E-state index contributed by atoms with van der Waals surface area (Å²) in [5, 5.41) is 2.38. The lowest BCUT2D eigenvalue weighted by atomic mass is 9.95. The summed E-state index contributed by atoms with van der Waals surface area (Å²) in [5.41, 5.74) is 16.3. The molecule has 35 heavy (non-hydrogen) atoms. The largest absolute Gasteiger partial charge is 0.289 e. The first-order valence-corrected chi connectivity index (χ1v) is 12.0. The van der Waals surface area contributed by atoms with Crippen molar-refractivity contribution in [2.24, 2.45) is 0 Å². The molecule has 9 rings (SSSR count). The number of benzene rings is 3. The van der Waals surface area contributed by atoms with Gasteiger partial charge in [-0.15, -0.1) is 0 Å². The molecule has 2 aliphatic rings.